The van der Waals surface area contributed by atoms with Crippen molar-refractivity contribution in [2.24, 2.45) is 0 Å². The van der Waals surface area contributed by atoms with Crippen LogP contribution in [0.1, 0.15) is 23.2 Å². The van der Waals surface area contributed by atoms with Crippen molar-refractivity contribution in [2.45, 2.75) is 18.9 Å². The van der Waals surface area contributed by atoms with Gasteiger partial charge in [-0.1, -0.05) is 0 Å². The predicted octanol–water partition coefficient (Wildman–Crippen LogP) is 0.212. The van der Waals surface area contributed by atoms with Gasteiger partial charge >= 0.3 is 0 Å². The van der Waals surface area contributed by atoms with E-state index in [1.165, 1.54) is 12.4 Å². The van der Waals surface area contributed by atoms with Crippen molar-refractivity contribution in [2.75, 3.05) is 0 Å². The highest BCUT2D eigenvalue weighted by Crippen LogP contribution is 2.18. The second-order valence-corrected chi connectivity index (χ2v) is 3.20. The lowest BCUT2D eigenvalue weighted by Crippen LogP contribution is -2.30. The number of pyridine rings is 1. The summed E-state index contributed by atoms with van der Waals surface area (Å²) in [5, 5.41) is 13.6. The molecule has 1 aromatic heterocycles. The lowest BCUT2D eigenvalue weighted by molar-refractivity contribution is -0.605. The molecular weight excluding hydrogens is 168 g/mol. The fourth-order valence-electron chi connectivity index (χ4n) is 1.09. The van der Waals surface area contributed by atoms with Gasteiger partial charge in [-0.05, 0) is 18.9 Å². The van der Waals surface area contributed by atoms with E-state index >= 15 is 0 Å². The average molecular weight is 178 g/mol. The van der Waals surface area contributed by atoms with Crippen LogP contribution in [0.3, 0.4) is 0 Å². The van der Waals surface area contributed by atoms with Crippen molar-refractivity contribution < 1.29 is 9.52 Å². The molecule has 0 aliphatic heterocycles. The van der Waals surface area contributed by atoms with Gasteiger partial charge in [0.25, 0.3) is 5.91 Å². The van der Waals surface area contributed by atoms with Gasteiger partial charge in [0.05, 0.1) is 0 Å². The van der Waals surface area contributed by atoms with Crippen LogP contribution in [0, 0.1) is 5.21 Å². The van der Waals surface area contributed by atoms with E-state index < -0.39 is 0 Å². The lowest BCUT2D eigenvalue weighted by Gasteiger charge is -2.01. The standard InChI is InChI=1S/C9H10N2O2/c12-9(10-8-3-4-8)7-2-1-5-11(13)6-7/h1-2,5-6,8H,3-4H2,(H,10,12). The largest absolute Gasteiger partial charge is 0.619 e. The maximum Gasteiger partial charge on any atom is 0.257 e. The van der Waals surface area contributed by atoms with Gasteiger partial charge in [0.1, 0.15) is 5.56 Å². The van der Waals surface area contributed by atoms with Gasteiger partial charge < -0.3 is 10.5 Å². The van der Waals surface area contributed by atoms with Crippen LogP contribution in [0.15, 0.2) is 24.5 Å². The number of aromatic nitrogens is 1. The summed E-state index contributed by atoms with van der Waals surface area (Å²) in [4.78, 5) is 11.4. The minimum Gasteiger partial charge on any atom is -0.619 e. The molecule has 1 fully saturated rings. The Labute approximate surface area is 75.8 Å². The summed E-state index contributed by atoms with van der Waals surface area (Å²) in [7, 11) is 0. The minimum absolute atomic E-state index is 0.160. The molecule has 0 spiro atoms. The van der Waals surface area contributed by atoms with Crippen molar-refractivity contribution in [1.82, 2.24) is 5.32 Å². The monoisotopic (exact) mass is 178 g/mol. The van der Waals surface area contributed by atoms with Crippen LogP contribution in [0.25, 0.3) is 0 Å². The van der Waals surface area contributed by atoms with Crippen molar-refractivity contribution in [3.05, 3.63) is 35.3 Å². The lowest BCUT2D eigenvalue weighted by atomic mass is 10.3. The maximum atomic E-state index is 11.4. The van der Waals surface area contributed by atoms with Crippen molar-refractivity contribution >= 4 is 5.91 Å². The number of rotatable bonds is 2. The number of nitrogens with one attached hydrogen (secondary N) is 1. The van der Waals surface area contributed by atoms with Gasteiger partial charge in [-0.15, -0.1) is 0 Å². The van der Waals surface area contributed by atoms with Gasteiger partial charge in [-0.2, -0.15) is 4.73 Å². The maximum absolute atomic E-state index is 11.4. The van der Waals surface area contributed by atoms with E-state index in [-0.39, 0.29) is 5.91 Å². The number of hydrogen-bond donors (Lipinski definition) is 1. The topological polar surface area (TPSA) is 56.0 Å². The van der Waals surface area contributed by atoms with E-state index in [0.29, 0.717) is 16.3 Å². The molecular formula is C9H10N2O2. The first-order chi connectivity index (χ1) is 6.25. The van der Waals surface area contributed by atoms with Crippen LogP contribution in [0.4, 0.5) is 0 Å². The minimum atomic E-state index is -0.160. The Bertz CT molecular complexity index is 334. The molecule has 0 bridgehead atoms. The van der Waals surface area contributed by atoms with Gasteiger partial charge in [-0.25, -0.2) is 0 Å². The molecule has 13 heavy (non-hydrogen) atoms. The molecule has 1 heterocycles. The highest BCUT2D eigenvalue weighted by Gasteiger charge is 2.24. The van der Waals surface area contributed by atoms with Crippen LogP contribution in [-0.4, -0.2) is 11.9 Å². The van der Waals surface area contributed by atoms with Gasteiger partial charge in [0, 0.05) is 12.1 Å². The Balaban J connectivity index is 2.09. The van der Waals surface area contributed by atoms with Crippen molar-refractivity contribution in [3.8, 4) is 0 Å². The second kappa shape index (κ2) is 3.05. The molecule has 1 N–H and O–H groups in total. The molecule has 0 radical (unpaired) electrons. The first kappa shape index (κ1) is 8.04. The summed E-state index contributed by atoms with van der Waals surface area (Å²) in [6, 6.07) is 3.52. The Morgan fingerprint density at radius 3 is 3.00 bits per heavy atom. The molecule has 0 atom stereocenters. The fraction of sp³-hybridized carbons (Fsp3) is 0.333. The van der Waals surface area contributed by atoms with Crippen molar-refractivity contribution in [1.29, 1.82) is 0 Å². The van der Waals surface area contributed by atoms with E-state index in [1.807, 2.05) is 0 Å². The molecule has 1 amide bonds. The van der Waals surface area contributed by atoms with Gasteiger partial charge in [0.15, 0.2) is 12.4 Å². The third-order valence-corrected chi connectivity index (χ3v) is 1.95. The van der Waals surface area contributed by atoms with E-state index in [1.54, 1.807) is 12.1 Å². The number of carbonyl (C=O) groups excluding carboxylic acids is 1. The SMILES string of the molecule is O=C(NC1CC1)c1ccc[n+]([O-])c1. The molecule has 0 aromatic carbocycles. The smallest absolute Gasteiger partial charge is 0.257 e. The quantitative estimate of drug-likeness (QED) is 0.520. The van der Waals surface area contributed by atoms with E-state index in [4.69, 9.17) is 0 Å². The molecule has 1 aliphatic rings. The molecule has 1 saturated carbocycles. The molecule has 1 aliphatic carbocycles. The zero-order valence-electron chi connectivity index (χ0n) is 7.06. The van der Waals surface area contributed by atoms with E-state index in [9.17, 15) is 10.0 Å². The Morgan fingerprint density at radius 1 is 1.62 bits per heavy atom. The molecule has 4 nitrogen and oxygen atoms in total. The van der Waals surface area contributed by atoms with Crippen LogP contribution in [0.5, 0.6) is 0 Å². The number of amides is 1. The van der Waals surface area contributed by atoms with Crippen LogP contribution < -0.4 is 10.0 Å². The van der Waals surface area contributed by atoms with Gasteiger partial charge in [-0.3, -0.25) is 4.79 Å². The highest BCUT2D eigenvalue weighted by molar-refractivity contribution is 5.93. The summed E-state index contributed by atoms with van der Waals surface area (Å²) < 4.78 is 0.627. The molecule has 68 valence electrons. The summed E-state index contributed by atoms with van der Waals surface area (Å²) in [6.07, 6.45) is 4.73. The molecule has 1 aromatic rings. The fourth-order valence-corrected chi connectivity index (χ4v) is 1.09. The zero-order chi connectivity index (χ0) is 9.26. The zero-order valence-corrected chi connectivity index (χ0v) is 7.06. The van der Waals surface area contributed by atoms with Crippen LogP contribution >= 0.6 is 0 Å². The Morgan fingerprint density at radius 2 is 2.38 bits per heavy atom. The average Bonchev–Trinajstić information content (AvgIpc) is 2.88. The first-order valence-electron chi connectivity index (χ1n) is 4.25. The van der Waals surface area contributed by atoms with Crippen molar-refractivity contribution in [3.63, 3.8) is 0 Å². The predicted molar refractivity (Wildman–Crippen MR) is 45.9 cm³/mol. The summed E-state index contributed by atoms with van der Waals surface area (Å²) in [5.74, 6) is -0.160. The normalized spacial score (nSPS) is 15.4. The molecule has 2 rings (SSSR count). The Kier molecular flexibility index (Phi) is 1.88. The first-order valence-corrected chi connectivity index (χ1v) is 4.25. The molecule has 4 heteroatoms. The van der Waals surface area contributed by atoms with E-state index in [2.05, 4.69) is 5.32 Å². The number of nitrogens with zero attached hydrogens (tertiary/aromatic N) is 1. The summed E-state index contributed by atoms with van der Waals surface area (Å²) in [5.41, 5.74) is 0.421. The highest BCUT2D eigenvalue weighted by atomic mass is 16.5. The molecule has 0 saturated heterocycles. The second-order valence-electron chi connectivity index (χ2n) is 3.20. The number of hydrogen-bond acceptors (Lipinski definition) is 2. The summed E-state index contributed by atoms with van der Waals surface area (Å²) >= 11 is 0. The Hall–Kier alpha value is -1.58. The third-order valence-electron chi connectivity index (χ3n) is 1.95. The molecule has 0 unspecified atom stereocenters. The third kappa shape index (κ3) is 1.96. The number of carbonyl (C=O) groups is 1. The van der Waals surface area contributed by atoms with Crippen LogP contribution in [0.2, 0.25) is 0 Å². The summed E-state index contributed by atoms with van der Waals surface area (Å²) in [6.45, 7) is 0. The van der Waals surface area contributed by atoms with Gasteiger partial charge in [0.2, 0.25) is 0 Å². The van der Waals surface area contributed by atoms with Crippen LogP contribution in [-0.2, 0) is 0 Å². The van der Waals surface area contributed by atoms with E-state index in [0.717, 1.165) is 12.8 Å².